The van der Waals surface area contributed by atoms with Crippen LogP contribution < -0.4 is 4.74 Å². The molecule has 3 aromatic rings. The highest BCUT2D eigenvalue weighted by Crippen LogP contribution is 2.22. The zero-order valence-corrected chi connectivity index (χ0v) is 11.0. The quantitative estimate of drug-likeness (QED) is 0.666. The fraction of sp³-hybridized carbons (Fsp3) is 0.111. The maximum Gasteiger partial charge on any atom is 0.119 e. The van der Waals surface area contributed by atoms with Gasteiger partial charge in [-0.15, -0.1) is 0 Å². The lowest BCUT2D eigenvalue weighted by Crippen LogP contribution is -1.88. The Balaban J connectivity index is 1.94. The lowest BCUT2D eigenvalue weighted by Gasteiger charge is -2.06. The first-order valence-corrected chi connectivity index (χ1v) is 6.46. The van der Waals surface area contributed by atoms with Crippen LogP contribution in [0.5, 0.6) is 5.75 Å². The molecule has 0 bridgehead atoms. The molecule has 0 atom stereocenters. The second-order valence-corrected chi connectivity index (χ2v) is 4.71. The summed E-state index contributed by atoms with van der Waals surface area (Å²) in [6.45, 7) is 0. The molecule has 3 aromatic carbocycles. The molecule has 0 saturated carbocycles. The van der Waals surface area contributed by atoms with Gasteiger partial charge in [-0.2, -0.15) is 0 Å². The van der Waals surface area contributed by atoms with E-state index in [0.29, 0.717) is 0 Å². The maximum absolute atomic E-state index is 5.25. The number of methoxy groups -OCH3 is 1. The first-order chi connectivity index (χ1) is 9.35. The van der Waals surface area contributed by atoms with Crippen molar-refractivity contribution >= 4 is 10.8 Å². The highest BCUT2D eigenvalue weighted by atomic mass is 16.5. The second kappa shape index (κ2) is 5.15. The average molecular weight is 248 g/mol. The van der Waals surface area contributed by atoms with Crippen molar-refractivity contribution < 1.29 is 4.74 Å². The molecule has 0 aliphatic carbocycles. The van der Waals surface area contributed by atoms with Gasteiger partial charge in [0.25, 0.3) is 0 Å². The SMILES string of the molecule is COc1ccc2cc(Cc3ccccc3)ccc2c1. The molecule has 19 heavy (non-hydrogen) atoms. The number of ether oxygens (including phenoxy) is 1. The largest absolute Gasteiger partial charge is 0.497 e. The first kappa shape index (κ1) is 11.8. The summed E-state index contributed by atoms with van der Waals surface area (Å²) in [6, 6.07) is 23.3. The Bertz CT molecular complexity index is 686. The minimum absolute atomic E-state index is 0.906. The van der Waals surface area contributed by atoms with E-state index in [-0.39, 0.29) is 0 Å². The van der Waals surface area contributed by atoms with Gasteiger partial charge >= 0.3 is 0 Å². The Kier molecular flexibility index (Phi) is 3.20. The number of hydrogen-bond donors (Lipinski definition) is 0. The zero-order chi connectivity index (χ0) is 13.1. The van der Waals surface area contributed by atoms with Crippen LogP contribution in [0.3, 0.4) is 0 Å². The summed E-state index contributed by atoms with van der Waals surface area (Å²) in [5, 5.41) is 2.48. The molecule has 0 radical (unpaired) electrons. The summed E-state index contributed by atoms with van der Waals surface area (Å²) in [4.78, 5) is 0. The molecule has 0 fully saturated rings. The molecular formula is C18H16O. The Morgan fingerprint density at radius 3 is 2.26 bits per heavy atom. The summed E-state index contributed by atoms with van der Waals surface area (Å²) in [5.74, 6) is 0.906. The van der Waals surface area contributed by atoms with Gasteiger partial charge in [0.2, 0.25) is 0 Å². The molecule has 1 heteroatoms. The van der Waals surface area contributed by atoms with Gasteiger partial charge in [0.05, 0.1) is 7.11 Å². The Morgan fingerprint density at radius 1 is 0.737 bits per heavy atom. The van der Waals surface area contributed by atoms with Crippen LogP contribution in [-0.4, -0.2) is 7.11 Å². The number of benzene rings is 3. The topological polar surface area (TPSA) is 9.23 Å². The van der Waals surface area contributed by atoms with Crippen LogP contribution in [0.25, 0.3) is 10.8 Å². The van der Waals surface area contributed by atoms with Gasteiger partial charge in [0.1, 0.15) is 5.75 Å². The molecule has 0 heterocycles. The molecule has 0 aromatic heterocycles. The molecule has 0 amide bonds. The van der Waals surface area contributed by atoms with Gasteiger partial charge in [0, 0.05) is 0 Å². The van der Waals surface area contributed by atoms with Crippen molar-refractivity contribution in [3.63, 3.8) is 0 Å². The van der Waals surface area contributed by atoms with Crippen molar-refractivity contribution in [2.24, 2.45) is 0 Å². The van der Waals surface area contributed by atoms with Crippen LogP contribution >= 0.6 is 0 Å². The van der Waals surface area contributed by atoms with E-state index in [1.54, 1.807) is 7.11 Å². The predicted molar refractivity (Wildman–Crippen MR) is 79.7 cm³/mol. The molecule has 0 unspecified atom stereocenters. The van der Waals surface area contributed by atoms with Gasteiger partial charge in [-0.1, -0.05) is 54.6 Å². The summed E-state index contributed by atoms with van der Waals surface area (Å²) in [5.41, 5.74) is 2.68. The Labute approximate surface area is 113 Å². The number of rotatable bonds is 3. The second-order valence-electron chi connectivity index (χ2n) is 4.71. The minimum atomic E-state index is 0.906. The fourth-order valence-electron chi connectivity index (χ4n) is 2.34. The van der Waals surface area contributed by atoms with E-state index in [1.807, 2.05) is 6.07 Å². The van der Waals surface area contributed by atoms with Crippen molar-refractivity contribution in [3.8, 4) is 5.75 Å². The molecule has 0 N–H and O–H groups in total. The van der Waals surface area contributed by atoms with E-state index in [9.17, 15) is 0 Å². The fourth-order valence-corrected chi connectivity index (χ4v) is 2.34. The van der Waals surface area contributed by atoms with Crippen LogP contribution in [0.4, 0.5) is 0 Å². The summed E-state index contributed by atoms with van der Waals surface area (Å²) in [6.07, 6.45) is 0.975. The monoisotopic (exact) mass is 248 g/mol. The molecule has 0 saturated heterocycles. The first-order valence-electron chi connectivity index (χ1n) is 6.46. The third kappa shape index (κ3) is 2.60. The third-order valence-electron chi connectivity index (χ3n) is 3.36. The van der Waals surface area contributed by atoms with E-state index in [0.717, 1.165) is 12.2 Å². The van der Waals surface area contributed by atoms with Crippen molar-refractivity contribution in [3.05, 3.63) is 77.9 Å². The lowest BCUT2D eigenvalue weighted by atomic mass is 10.0. The van der Waals surface area contributed by atoms with Crippen LogP contribution in [0.2, 0.25) is 0 Å². The Hall–Kier alpha value is -2.28. The summed E-state index contributed by atoms with van der Waals surface area (Å²) >= 11 is 0. The number of fused-ring (bicyclic) bond motifs is 1. The van der Waals surface area contributed by atoms with Crippen LogP contribution in [0.15, 0.2) is 66.7 Å². The Morgan fingerprint density at radius 2 is 1.47 bits per heavy atom. The maximum atomic E-state index is 5.25. The standard InChI is InChI=1S/C18H16O/c1-19-18-10-9-16-12-15(7-8-17(16)13-18)11-14-5-3-2-4-6-14/h2-10,12-13H,11H2,1H3. The third-order valence-corrected chi connectivity index (χ3v) is 3.36. The predicted octanol–water partition coefficient (Wildman–Crippen LogP) is 4.44. The van der Waals surface area contributed by atoms with Crippen molar-refractivity contribution in [1.82, 2.24) is 0 Å². The van der Waals surface area contributed by atoms with Gasteiger partial charge in [-0.25, -0.2) is 0 Å². The highest BCUT2D eigenvalue weighted by Gasteiger charge is 2.00. The van der Waals surface area contributed by atoms with E-state index in [4.69, 9.17) is 4.74 Å². The number of hydrogen-bond acceptors (Lipinski definition) is 1. The highest BCUT2D eigenvalue weighted by molar-refractivity contribution is 5.84. The summed E-state index contributed by atoms with van der Waals surface area (Å²) in [7, 11) is 1.70. The van der Waals surface area contributed by atoms with Gasteiger partial charge in [-0.3, -0.25) is 0 Å². The van der Waals surface area contributed by atoms with Gasteiger partial charge in [-0.05, 0) is 40.5 Å². The van der Waals surface area contributed by atoms with Crippen LogP contribution in [0, 0.1) is 0 Å². The van der Waals surface area contributed by atoms with E-state index < -0.39 is 0 Å². The molecule has 0 spiro atoms. The van der Waals surface area contributed by atoms with E-state index in [2.05, 4.69) is 60.7 Å². The zero-order valence-electron chi connectivity index (χ0n) is 11.0. The molecule has 94 valence electrons. The normalized spacial score (nSPS) is 10.6. The smallest absolute Gasteiger partial charge is 0.119 e. The molecule has 3 rings (SSSR count). The van der Waals surface area contributed by atoms with Crippen LogP contribution in [-0.2, 0) is 6.42 Å². The molecule has 1 nitrogen and oxygen atoms in total. The van der Waals surface area contributed by atoms with Crippen LogP contribution in [0.1, 0.15) is 11.1 Å². The molecule has 0 aliphatic rings. The van der Waals surface area contributed by atoms with Crippen molar-refractivity contribution in [2.75, 3.05) is 7.11 Å². The van der Waals surface area contributed by atoms with E-state index >= 15 is 0 Å². The molecular weight excluding hydrogens is 232 g/mol. The summed E-state index contributed by atoms with van der Waals surface area (Å²) < 4.78 is 5.25. The van der Waals surface area contributed by atoms with Gasteiger partial charge < -0.3 is 4.74 Å². The molecule has 0 aliphatic heterocycles. The van der Waals surface area contributed by atoms with Gasteiger partial charge in [0.15, 0.2) is 0 Å². The lowest BCUT2D eigenvalue weighted by molar-refractivity contribution is 0.415. The van der Waals surface area contributed by atoms with Crippen molar-refractivity contribution in [2.45, 2.75) is 6.42 Å². The van der Waals surface area contributed by atoms with Crippen molar-refractivity contribution in [1.29, 1.82) is 0 Å². The van der Waals surface area contributed by atoms with E-state index in [1.165, 1.54) is 21.9 Å². The average Bonchev–Trinajstić information content (AvgIpc) is 2.48. The minimum Gasteiger partial charge on any atom is -0.497 e.